The normalized spacial score (nSPS) is 11.0. The predicted molar refractivity (Wildman–Crippen MR) is 84.6 cm³/mol. The largest absolute Gasteiger partial charge is 0.490 e. The second-order valence-electron chi connectivity index (χ2n) is 4.81. The first kappa shape index (κ1) is 13.6. The maximum Gasteiger partial charge on any atom is 0.180 e. The Balaban J connectivity index is 2.24. The van der Waals surface area contributed by atoms with E-state index in [1.807, 2.05) is 43.5 Å². The number of hydrogen-bond donors (Lipinski definition) is 1. The van der Waals surface area contributed by atoms with Crippen molar-refractivity contribution in [1.82, 2.24) is 9.38 Å². The molecule has 108 valence electrons. The first-order chi connectivity index (χ1) is 10.3. The van der Waals surface area contributed by atoms with Crippen LogP contribution in [0.15, 0.2) is 48.7 Å². The van der Waals surface area contributed by atoms with Crippen LogP contribution >= 0.6 is 0 Å². The Morgan fingerprint density at radius 2 is 1.95 bits per heavy atom. The molecule has 3 aromatic rings. The highest BCUT2D eigenvalue weighted by molar-refractivity contribution is 5.69. The Labute approximate surface area is 124 Å². The van der Waals surface area contributed by atoms with Crippen LogP contribution < -0.4 is 10.5 Å². The number of fused-ring (bicyclic) bond motifs is 1. The first-order valence-corrected chi connectivity index (χ1v) is 7.23. The second kappa shape index (κ2) is 5.97. The SMILES string of the molecule is CCOc1cccn2c(CCN)c(-c3ccccc3)nc12. The van der Waals surface area contributed by atoms with E-state index in [1.54, 1.807) is 0 Å². The molecule has 0 atom stereocenters. The number of pyridine rings is 1. The average Bonchev–Trinajstić information content (AvgIpc) is 2.89. The van der Waals surface area contributed by atoms with Gasteiger partial charge in [-0.05, 0) is 25.6 Å². The molecule has 3 rings (SSSR count). The van der Waals surface area contributed by atoms with Crippen LogP contribution in [-0.4, -0.2) is 22.5 Å². The Bertz CT molecular complexity index is 734. The molecule has 0 unspecified atom stereocenters. The summed E-state index contributed by atoms with van der Waals surface area (Å²) in [5.41, 5.74) is 9.84. The zero-order valence-electron chi connectivity index (χ0n) is 12.1. The van der Waals surface area contributed by atoms with Crippen LogP contribution in [0.1, 0.15) is 12.6 Å². The molecule has 0 spiro atoms. The van der Waals surface area contributed by atoms with Gasteiger partial charge in [0.15, 0.2) is 11.4 Å². The summed E-state index contributed by atoms with van der Waals surface area (Å²) in [6, 6.07) is 14.1. The zero-order valence-corrected chi connectivity index (χ0v) is 12.1. The van der Waals surface area contributed by atoms with Crippen LogP contribution in [0.25, 0.3) is 16.9 Å². The zero-order chi connectivity index (χ0) is 14.7. The minimum absolute atomic E-state index is 0.590. The monoisotopic (exact) mass is 281 g/mol. The lowest BCUT2D eigenvalue weighted by Crippen LogP contribution is -2.06. The van der Waals surface area contributed by atoms with Gasteiger partial charge in [0.2, 0.25) is 0 Å². The number of rotatable bonds is 5. The third kappa shape index (κ3) is 2.50. The average molecular weight is 281 g/mol. The number of imidazole rings is 1. The highest BCUT2D eigenvalue weighted by Gasteiger charge is 2.15. The van der Waals surface area contributed by atoms with Crippen molar-refractivity contribution in [1.29, 1.82) is 0 Å². The van der Waals surface area contributed by atoms with E-state index in [-0.39, 0.29) is 0 Å². The fraction of sp³-hybridized carbons (Fsp3) is 0.235. The third-order valence-electron chi connectivity index (χ3n) is 3.44. The van der Waals surface area contributed by atoms with Crippen molar-refractivity contribution < 1.29 is 4.74 Å². The fourth-order valence-corrected chi connectivity index (χ4v) is 2.56. The molecule has 4 heteroatoms. The lowest BCUT2D eigenvalue weighted by atomic mass is 10.1. The molecule has 4 nitrogen and oxygen atoms in total. The van der Waals surface area contributed by atoms with Gasteiger partial charge in [-0.1, -0.05) is 30.3 Å². The molecule has 0 aliphatic heterocycles. The molecule has 21 heavy (non-hydrogen) atoms. The van der Waals surface area contributed by atoms with E-state index < -0.39 is 0 Å². The maximum atomic E-state index is 5.78. The van der Waals surface area contributed by atoms with Gasteiger partial charge < -0.3 is 14.9 Å². The van der Waals surface area contributed by atoms with E-state index in [1.165, 1.54) is 0 Å². The summed E-state index contributed by atoms with van der Waals surface area (Å²) < 4.78 is 7.77. The van der Waals surface area contributed by atoms with Crippen LogP contribution in [0.2, 0.25) is 0 Å². The summed E-state index contributed by atoms with van der Waals surface area (Å²) in [6.45, 7) is 3.19. The van der Waals surface area contributed by atoms with Crippen LogP contribution in [0, 0.1) is 0 Å². The number of ether oxygens (including phenoxy) is 1. The molecule has 0 amide bonds. The van der Waals surface area contributed by atoms with Crippen molar-refractivity contribution in [2.75, 3.05) is 13.2 Å². The number of benzene rings is 1. The van der Waals surface area contributed by atoms with Gasteiger partial charge in [0.25, 0.3) is 0 Å². The van der Waals surface area contributed by atoms with Gasteiger partial charge in [0, 0.05) is 18.2 Å². The highest BCUT2D eigenvalue weighted by Crippen LogP contribution is 2.28. The summed E-state index contributed by atoms with van der Waals surface area (Å²) in [6.07, 6.45) is 2.79. The molecule has 1 aromatic carbocycles. The Hall–Kier alpha value is -2.33. The minimum Gasteiger partial charge on any atom is -0.490 e. The molecule has 0 aliphatic rings. The van der Waals surface area contributed by atoms with E-state index >= 15 is 0 Å². The van der Waals surface area contributed by atoms with Crippen molar-refractivity contribution in [3.63, 3.8) is 0 Å². The van der Waals surface area contributed by atoms with Crippen LogP contribution in [-0.2, 0) is 6.42 Å². The summed E-state index contributed by atoms with van der Waals surface area (Å²) in [5, 5.41) is 0. The maximum absolute atomic E-state index is 5.78. The van der Waals surface area contributed by atoms with Crippen molar-refractivity contribution in [3.05, 3.63) is 54.4 Å². The van der Waals surface area contributed by atoms with Crippen molar-refractivity contribution in [3.8, 4) is 17.0 Å². The fourth-order valence-electron chi connectivity index (χ4n) is 2.56. The molecule has 0 saturated heterocycles. The summed E-state index contributed by atoms with van der Waals surface area (Å²) in [4.78, 5) is 4.80. The summed E-state index contributed by atoms with van der Waals surface area (Å²) in [5.74, 6) is 0.806. The predicted octanol–water partition coefficient (Wildman–Crippen LogP) is 2.90. The van der Waals surface area contributed by atoms with E-state index in [4.69, 9.17) is 15.5 Å². The van der Waals surface area contributed by atoms with Crippen molar-refractivity contribution in [2.45, 2.75) is 13.3 Å². The molecular formula is C17H19N3O. The number of nitrogens with two attached hydrogens (primary N) is 1. The number of aromatic nitrogens is 2. The molecule has 0 radical (unpaired) electrons. The van der Waals surface area contributed by atoms with E-state index in [9.17, 15) is 0 Å². The lowest BCUT2D eigenvalue weighted by molar-refractivity contribution is 0.342. The minimum atomic E-state index is 0.590. The molecule has 2 aromatic heterocycles. The molecular weight excluding hydrogens is 262 g/mol. The summed E-state index contributed by atoms with van der Waals surface area (Å²) >= 11 is 0. The van der Waals surface area contributed by atoms with Crippen LogP contribution in [0.3, 0.4) is 0 Å². The second-order valence-corrected chi connectivity index (χ2v) is 4.81. The molecule has 2 N–H and O–H groups in total. The van der Waals surface area contributed by atoms with E-state index in [0.717, 1.165) is 34.8 Å². The van der Waals surface area contributed by atoms with Crippen molar-refractivity contribution in [2.24, 2.45) is 5.73 Å². The van der Waals surface area contributed by atoms with Crippen molar-refractivity contribution >= 4 is 5.65 Å². The quantitative estimate of drug-likeness (QED) is 0.782. The van der Waals surface area contributed by atoms with Crippen LogP contribution in [0.4, 0.5) is 0 Å². The highest BCUT2D eigenvalue weighted by atomic mass is 16.5. The number of nitrogens with zero attached hydrogens (tertiary/aromatic N) is 2. The Morgan fingerprint density at radius 3 is 2.67 bits per heavy atom. The Morgan fingerprint density at radius 1 is 1.14 bits per heavy atom. The molecule has 0 bridgehead atoms. The molecule has 2 heterocycles. The number of hydrogen-bond acceptors (Lipinski definition) is 3. The topological polar surface area (TPSA) is 52.5 Å². The van der Waals surface area contributed by atoms with Gasteiger partial charge in [-0.2, -0.15) is 0 Å². The van der Waals surface area contributed by atoms with Gasteiger partial charge in [0.05, 0.1) is 18.0 Å². The van der Waals surface area contributed by atoms with Gasteiger partial charge in [-0.15, -0.1) is 0 Å². The molecule has 0 fully saturated rings. The third-order valence-corrected chi connectivity index (χ3v) is 3.44. The molecule has 0 saturated carbocycles. The van der Waals surface area contributed by atoms with Crippen LogP contribution in [0.5, 0.6) is 5.75 Å². The van der Waals surface area contributed by atoms with Gasteiger partial charge >= 0.3 is 0 Å². The summed E-state index contributed by atoms with van der Waals surface area (Å²) in [7, 11) is 0. The van der Waals surface area contributed by atoms with Gasteiger partial charge in [0.1, 0.15) is 0 Å². The van der Waals surface area contributed by atoms with Gasteiger partial charge in [-0.3, -0.25) is 0 Å². The molecule has 0 aliphatic carbocycles. The standard InChI is InChI=1S/C17H19N3O/c1-2-21-15-9-6-12-20-14(10-11-18)16(19-17(15)20)13-7-4-3-5-8-13/h3-9,12H,2,10-11,18H2,1H3. The lowest BCUT2D eigenvalue weighted by Gasteiger charge is -2.06. The van der Waals surface area contributed by atoms with E-state index in [2.05, 4.69) is 16.5 Å². The smallest absolute Gasteiger partial charge is 0.180 e. The first-order valence-electron chi connectivity index (χ1n) is 7.23. The Kier molecular flexibility index (Phi) is 3.88. The van der Waals surface area contributed by atoms with E-state index in [0.29, 0.717) is 13.2 Å². The van der Waals surface area contributed by atoms with Gasteiger partial charge in [-0.25, -0.2) is 4.98 Å².